The molecule has 1 fully saturated rings. The van der Waals surface area contributed by atoms with Gasteiger partial charge in [-0.2, -0.15) is 18.3 Å². The molecule has 1 aliphatic rings. The first-order chi connectivity index (χ1) is 21.4. The van der Waals surface area contributed by atoms with Gasteiger partial charge in [0.05, 0.1) is 23.5 Å². The summed E-state index contributed by atoms with van der Waals surface area (Å²) in [5.41, 5.74) is 0.203. The molecule has 1 aromatic carbocycles. The number of halogens is 5. The fourth-order valence-electron chi connectivity index (χ4n) is 5.22. The van der Waals surface area contributed by atoms with Crippen molar-refractivity contribution in [3.63, 3.8) is 0 Å². The van der Waals surface area contributed by atoms with Gasteiger partial charge in [0.2, 0.25) is 5.91 Å². The van der Waals surface area contributed by atoms with Crippen LogP contribution in [-0.2, 0) is 23.9 Å². The topological polar surface area (TPSA) is 130 Å². The van der Waals surface area contributed by atoms with Gasteiger partial charge in [0.1, 0.15) is 6.54 Å². The molecule has 4 N–H and O–H groups in total. The maximum absolute atomic E-state index is 13.8. The minimum atomic E-state index is -4.88. The number of carbonyl (C=O) groups excluding carboxylic acids is 2. The third-order valence-corrected chi connectivity index (χ3v) is 7.39. The highest BCUT2D eigenvalue weighted by atomic mass is 19.4. The van der Waals surface area contributed by atoms with Crippen molar-refractivity contribution in [2.45, 2.75) is 64.3 Å². The number of nitrogens with one attached hydrogen (secondary N) is 4. The summed E-state index contributed by atoms with van der Waals surface area (Å²) in [6.07, 6.45) is -0.632. The molecule has 45 heavy (non-hydrogen) atoms. The van der Waals surface area contributed by atoms with Crippen LogP contribution in [0, 0.1) is 0 Å². The molecule has 1 unspecified atom stereocenters. The molecule has 240 valence electrons. The number of amides is 2. The van der Waals surface area contributed by atoms with Crippen molar-refractivity contribution in [1.29, 1.82) is 0 Å². The second-order valence-electron chi connectivity index (χ2n) is 10.7. The molecule has 0 radical (unpaired) electrons. The highest BCUT2D eigenvalue weighted by Crippen LogP contribution is 2.37. The van der Waals surface area contributed by atoms with Gasteiger partial charge < -0.3 is 21.3 Å². The van der Waals surface area contributed by atoms with Gasteiger partial charge >= 0.3 is 6.18 Å². The maximum atomic E-state index is 13.8. The summed E-state index contributed by atoms with van der Waals surface area (Å²) >= 11 is 0. The number of fused-ring (bicyclic) bond motifs is 1. The van der Waals surface area contributed by atoms with Crippen molar-refractivity contribution in [2.75, 3.05) is 18.4 Å². The molecular weight excluding hydrogens is 601 g/mol. The van der Waals surface area contributed by atoms with E-state index >= 15 is 0 Å². The van der Waals surface area contributed by atoms with Crippen molar-refractivity contribution in [2.24, 2.45) is 0 Å². The van der Waals surface area contributed by atoms with Crippen LogP contribution in [0.15, 0.2) is 43.0 Å². The van der Waals surface area contributed by atoms with Gasteiger partial charge in [-0.15, -0.1) is 0 Å². The maximum Gasteiger partial charge on any atom is 0.435 e. The number of benzene rings is 1. The Balaban J connectivity index is 1.33. The Labute approximate surface area is 254 Å². The number of imidazole rings is 1. The molecule has 0 bridgehead atoms. The molecule has 2 atom stereocenters. The molecule has 4 heterocycles. The SMILES string of the molecule is CCc1cc(Nc2nccn3c(-c4cn(CC(F)F)nc4C(F)(F)F)cnc23)ccc1C(=O)NC(C)CNC(=O)[C@@H]1CCCN1. The van der Waals surface area contributed by atoms with Gasteiger partial charge in [0.25, 0.3) is 12.3 Å². The zero-order valence-corrected chi connectivity index (χ0v) is 24.5. The number of carbonyl (C=O) groups is 2. The van der Waals surface area contributed by atoms with E-state index in [1.54, 1.807) is 25.1 Å². The number of aryl methyl sites for hydroxylation is 1. The Hall–Kier alpha value is -4.60. The molecule has 11 nitrogen and oxygen atoms in total. The molecule has 0 aliphatic carbocycles. The van der Waals surface area contributed by atoms with Crippen LogP contribution in [0.5, 0.6) is 0 Å². The van der Waals surface area contributed by atoms with Crippen LogP contribution in [0.25, 0.3) is 16.9 Å². The summed E-state index contributed by atoms with van der Waals surface area (Å²) in [6, 6.07) is 4.55. The molecule has 5 rings (SSSR count). The number of aromatic nitrogens is 5. The highest BCUT2D eigenvalue weighted by Gasteiger charge is 2.38. The first-order valence-electron chi connectivity index (χ1n) is 14.4. The van der Waals surface area contributed by atoms with Crippen LogP contribution in [-0.4, -0.2) is 67.6 Å². The van der Waals surface area contributed by atoms with Gasteiger partial charge in [-0.05, 0) is 56.5 Å². The molecule has 0 saturated carbocycles. The van der Waals surface area contributed by atoms with Crippen LogP contribution in [0.2, 0.25) is 0 Å². The number of hydrogen-bond acceptors (Lipinski definition) is 7. The van der Waals surface area contributed by atoms with Gasteiger partial charge in [0, 0.05) is 42.4 Å². The van der Waals surface area contributed by atoms with E-state index in [1.165, 1.54) is 23.0 Å². The summed E-state index contributed by atoms with van der Waals surface area (Å²) in [5, 5.41) is 15.4. The van der Waals surface area contributed by atoms with Crippen LogP contribution < -0.4 is 21.3 Å². The van der Waals surface area contributed by atoms with Crippen molar-refractivity contribution in [3.05, 3.63) is 59.8 Å². The van der Waals surface area contributed by atoms with E-state index in [0.717, 1.165) is 31.1 Å². The van der Waals surface area contributed by atoms with Gasteiger partial charge in [-0.25, -0.2) is 18.7 Å². The normalized spacial score (nSPS) is 15.9. The number of anilines is 2. The Bertz CT molecular complexity index is 1680. The van der Waals surface area contributed by atoms with E-state index in [4.69, 9.17) is 0 Å². The van der Waals surface area contributed by atoms with Crippen LogP contribution in [0.4, 0.5) is 33.5 Å². The first kappa shape index (κ1) is 31.8. The predicted molar refractivity (Wildman–Crippen MR) is 155 cm³/mol. The number of rotatable bonds is 11. The minimum absolute atomic E-state index is 0.00521. The summed E-state index contributed by atoms with van der Waals surface area (Å²) < 4.78 is 69.0. The van der Waals surface area contributed by atoms with Gasteiger partial charge in [-0.3, -0.25) is 18.7 Å². The van der Waals surface area contributed by atoms with E-state index in [9.17, 15) is 31.5 Å². The number of hydrogen-bond donors (Lipinski definition) is 4. The number of alkyl halides is 5. The van der Waals surface area contributed by atoms with Crippen molar-refractivity contribution < 1.29 is 31.5 Å². The molecule has 0 spiro atoms. The van der Waals surface area contributed by atoms with Crippen molar-refractivity contribution in [3.8, 4) is 11.3 Å². The Morgan fingerprint density at radius 1 is 1.20 bits per heavy atom. The lowest BCUT2D eigenvalue weighted by atomic mass is 10.0. The highest BCUT2D eigenvalue weighted by molar-refractivity contribution is 5.96. The second kappa shape index (κ2) is 13.2. The standard InChI is InChI=1S/C29H32F5N9O2/c1-3-17-11-18(6-7-19(17)27(44)39-16(2)12-38-28(45)21-5-4-8-35-21)40-25-26-37-13-22(43(26)10-9-36-25)20-14-42(15-23(30)31)41-24(20)29(32,33)34/h6-7,9-11,13-14,16,21,23,35H,3-5,8,12,15H2,1-2H3,(H,36,40)(H,38,45)(H,39,44)/t16?,21-/m0/s1. The minimum Gasteiger partial charge on any atom is -0.353 e. The van der Waals surface area contributed by atoms with Crippen LogP contribution >= 0.6 is 0 Å². The molecule has 1 saturated heterocycles. The smallest absolute Gasteiger partial charge is 0.353 e. The zero-order chi connectivity index (χ0) is 32.3. The van der Waals surface area contributed by atoms with E-state index in [-0.39, 0.29) is 47.6 Å². The Morgan fingerprint density at radius 3 is 2.69 bits per heavy atom. The van der Waals surface area contributed by atoms with Crippen molar-refractivity contribution >= 4 is 29.0 Å². The van der Waals surface area contributed by atoms with E-state index in [2.05, 4.69) is 36.3 Å². The predicted octanol–water partition coefficient (Wildman–Crippen LogP) is 4.17. The van der Waals surface area contributed by atoms with Crippen LogP contribution in [0.1, 0.15) is 48.3 Å². The molecule has 2 amide bonds. The third-order valence-electron chi connectivity index (χ3n) is 7.39. The lowest BCUT2D eigenvalue weighted by Gasteiger charge is -2.18. The van der Waals surface area contributed by atoms with Crippen molar-refractivity contribution in [1.82, 2.24) is 40.1 Å². The van der Waals surface area contributed by atoms with E-state index < -0.39 is 30.4 Å². The average molecular weight is 634 g/mol. The Kier molecular flexibility index (Phi) is 9.32. The Morgan fingerprint density at radius 2 is 2.00 bits per heavy atom. The van der Waals surface area contributed by atoms with E-state index in [1.807, 2.05) is 6.92 Å². The summed E-state index contributed by atoms with van der Waals surface area (Å²) in [5.74, 6) is -0.170. The molecule has 4 aromatic rings. The fourth-order valence-corrected chi connectivity index (χ4v) is 5.22. The largest absolute Gasteiger partial charge is 0.435 e. The summed E-state index contributed by atoms with van der Waals surface area (Å²) in [4.78, 5) is 33.9. The monoisotopic (exact) mass is 633 g/mol. The lowest BCUT2D eigenvalue weighted by Crippen LogP contribution is -2.46. The summed E-state index contributed by atoms with van der Waals surface area (Å²) in [7, 11) is 0. The average Bonchev–Trinajstić information content (AvgIpc) is 3.75. The second-order valence-corrected chi connectivity index (χ2v) is 10.7. The third kappa shape index (κ3) is 7.21. The van der Waals surface area contributed by atoms with Gasteiger partial charge in [0.15, 0.2) is 17.2 Å². The van der Waals surface area contributed by atoms with Crippen LogP contribution in [0.3, 0.4) is 0 Å². The van der Waals surface area contributed by atoms with Gasteiger partial charge in [-0.1, -0.05) is 6.92 Å². The fraction of sp³-hybridized carbons (Fsp3) is 0.414. The molecule has 16 heteroatoms. The summed E-state index contributed by atoms with van der Waals surface area (Å²) in [6.45, 7) is 3.79. The number of nitrogens with zero attached hydrogens (tertiary/aromatic N) is 5. The quantitative estimate of drug-likeness (QED) is 0.183. The first-order valence-corrected chi connectivity index (χ1v) is 14.4. The molecule has 1 aliphatic heterocycles. The van der Waals surface area contributed by atoms with E-state index in [0.29, 0.717) is 22.4 Å². The molecular formula is C29H32F5N9O2. The molecule has 3 aromatic heterocycles. The zero-order valence-electron chi connectivity index (χ0n) is 24.5. The lowest BCUT2D eigenvalue weighted by molar-refractivity contribution is -0.141.